The molecule has 0 radical (unpaired) electrons. The molecule has 1 rings (SSSR count). The fourth-order valence-corrected chi connectivity index (χ4v) is 1.54. The highest BCUT2D eigenvalue weighted by Gasteiger charge is 2.20. The summed E-state index contributed by atoms with van der Waals surface area (Å²) in [5.74, 6) is -0.244. The molecule has 0 heterocycles. The zero-order chi connectivity index (χ0) is 15.5. The summed E-state index contributed by atoms with van der Waals surface area (Å²) in [5.41, 5.74) is -0.594. The van der Waals surface area contributed by atoms with E-state index in [4.69, 9.17) is 0 Å². The first-order valence-electron chi connectivity index (χ1n) is 6.08. The fourth-order valence-electron chi connectivity index (χ4n) is 1.54. The van der Waals surface area contributed by atoms with Gasteiger partial charge in [-0.25, -0.2) is 0 Å². The molecule has 0 bridgehead atoms. The number of carbonyl (C=O) groups is 1. The maximum absolute atomic E-state index is 11.9. The molecule has 0 atom stereocenters. The Labute approximate surface area is 117 Å². The standard InChI is InChI=1S/C13H19N3O4/c1-13(2,18)8-14-10-7-9(12(17)15(3)4)5-6-11(10)16(19)20/h5-7,14,18H,8H2,1-4H3. The number of aliphatic hydroxyl groups is 1. The molecule has 1 aromatic carbocycles. The molecule has 0 unspecified atom stereocenters. The monoisotopic (exact) mass is 281 g/mol. The SMILES string of the molecule is CN(C)C(=O)c1ccc([N+](=O)[O-])c(NCC(C)(C)O)c1. The molecule has 7 heteroatoms. The van der Waals surface area contributed by atoms with E-state index in [9.17, 15) is 20.0 Å². The number of hydrogen-bond donors (Lipinski definition) is 2. The number of nitro benzene ring substituents is 1. The van der Waals surface area contributed by atoms with Gasteiger partial charge in [-0.05, 0) is 26.0 Å². The molecule has 0 aliphatic carbocycles. The number of benzene rings is 1. The van der Waals surface area contributed by atoms with Crippen LogP contribution >= 0.6 is 0 Å². The lowest BCUT2D eigenvalue weighted by Gasteiger charge is -2.19. The minimum atomic E-state index is -1.02. The highest BCUT2D eigenvalue weighted by molar-refractivity contribution is 5.95. The van der Waals surface area contributed by atoms with Gasteiger partial charge in [0.2, 0.25) is 0 Å². The van der Waals surface area contributed by atoms with Crippen molar-refractivity contribution in [3.63, 3.8) is 0 Å². The molecule has 20 heavy (non-hydrogen) atoms. The van der Waals surface area contributed by atoms with Crippen molar-refractivity contribution in [1.82, 2.24) is 4.90 Å². The molecule has 0 aromatic heterocycles. The summed E-state index contributed by atoms with van der Waals surface area (Å²) in [7, 11) is 3.21. The Morgan fingerprint density at radius 2 is 2.05 bits per heavy atom. The van der Waals surface area contributed by atoms with Crippen LogP contribution in [0.25, 0.3) is 0 Å². The average Bonchev–Trinajstić information content (AvgIpc) is 2.33. The van der Waals surface area contributed by atoms with Gasteiger partial charge >= 0.3 is 0 Å². The van der Waals surface area contributed by atoms with Crippen LogP contribution in [-0.2, 0) is 0 Å². The van der Waals surface area contributed by atoms with E-state index in [0.29, 0.717) is 5.56 Å². The largest absolute Gasteiger partial charge is 0.389 e. The summed E-state index contributed by atoms with van der Waals surface area (Å²) in [6, 6.07) is 4.12. The van der Waals surface area contributed by atoms with Gasteiger partial charge < -0.3 is 15.3 Å². The van der Waals surface area contributed by atoms with Gasteiger partial charge in [-0.1, -0.05) is 0 Å². The third-order valence-corrected chi connectivity index (χ3v) is 2.56. The van der Waals surface area contributed by atoms with Crippen molar-refractivity contribution in [3.8, 4) is 0 Å². The van der Waals surface area contributed by atoms with Gasteiger partial charge in [-0.2, -0.15) is 0 Å². The quantitative estimate of drug-likeness (QED) is 0.629. The van der Waals surface area contributed by atoms with Gasteiger partial charge in [0, 0.05) is 32.3 Å². The molecule has 0 spiro atoms. The van der Waals surface area contributed by atoms with Crippen LogP contribution in [0.15, 0.2) is 18.2 Å². The summed E-state index contributed by atoms with van der Waals surface area (Å²) in [6.45, 7) is 3.30. The normalized spacial score (nSPS) is 11.1. The van der Waals surface area contributed by atoms with Crippen LogP contribution in [0.2, 0.25) is 0 Å². The maximum Gasteiger partial charge on any atom is 0.292 e. The minimum Gasteiger partial charge on any atom is -0.389 e. The average molecular weight is 281 g/mol. The van der Waals surface area contributed by atoms with Gasteiger partial charge in [-0.3, -0.25) is 14.9 Å². The zero-order valence-corrected chi connectivity index (χ0v) is 12.0. The number of hydrogen-bond acceptors (Lipinski definition) is 5. The van der Waals surface area contributed by atoms with Crippen molar-refractivity contribution < 1.29 is 14.8 Å². The fraction of sp³-hybridized carbons (Fsp3) is 0.462. The second kappa shape index (κ2) is 5.87. The molecule has 0 fully saturated rings. The number of nitrogens with one attached hydrogen (secondary N) is 1. The Morgan fingerprint density at radius 3 is 2.50 bits per heavy atom. The Morgan fingerprint density at radius 1 is 1.45 bits per heavy atom. The highest BCUT2D eigenvalue weighted by Crippen LogP contribution is 2.26. The van der Waals surface area contributed by atoms with Crippen LogP contribution in [0.3, 0.4) is 0 Å². The van der Waals surface area contributed by atoms with E-state index >= 15 is 0 Å². The zero-order valence-electron chi connectivity index (χ0n) is 12.0. The van der Waals surface area contributed by atoms with Crippen molar-refractivity contribution in [2.45, 2.75) is 19.4 Å². The molecule has 0 aliphatic rings. The first-order chi connectivity index (χ1) is 9.11. The van der Waals surface area contributed by atoms with Crippen LogP contribution in [0.5, 0.6) is 0 Å². The molecule has 0 aliphatic heterocycles. The van der Waals surface area contributed by atoms with E-state index in [1.165, 1.54) is 23.1 Å². The van der Waals surface area contributed by atoms with E-state index in [1.54, 1.807) is 27.9 Å². The second-order valence-electron chi connectivity index (χ2n) is 5.35. The number of anilines is 1. The van der Waals surface area contributed by atoms with E-state index in [-0.39, 0.29) is 23.8 Å². The predicted molar refractivity (Wildman–Crippen MR) is 75.9 cm³/mol. The van der Waals surface area contributed by atoms with E-state index in [0.717, 1.165) is 0 Å². The first kappa shape index (κ1) is 15.9. The molecule has 0 saturated carbocycles. The minimum absolute atomic E-state index is 0.132. The molecule has 1 aromatic rings. The maximum atomic E-state index is 11.9. The van der Waals surface area contributed by atoms with Crippen molar-refractivity contribution in [2.75, 3.05) is 26.0 Å². The second-order valence-corrected chi connectivity index (χ2v) is 5.35. The van der Waals surface area contributed by atoms with Gasteiger partial charge in [0.1, 0.15) is 5.69 Å². The Hall–Kier alpha value is -2.15. The van der Waals surface area contributed by atoms with E-state index < -0.39 is 10.5 Å². The van der Waals surface area contributed by atoms with Gasteiger partial charge in [0.05, 0.1) is 10.5 Å². The van der Waals surface area contributed by atoms with Gasteiger partial charge in [0.25, 0.3) is 11.6 Å². The third kappa shape index (κ3) is 4.20. The van der Waals surface area contributed by atoms with Crippen LogP contribution in [0.4, 0.5) is 11.4 Å². The van der Waals surface area contributed by atoms with Crippen LogP contribution < -0.4 is 5.32 Å². The summed E-state index contributed by atoms with van der Waals surface area (Å²) in [4.78, 5) is 23.7. The number of nitrogens with zero attached hydrogens (tertiary/aromatic N) is 2. The summed E-state index contributed by atoms with van der Waals surface area (Å²) in [5, 5.41) is 23.4. The van der Waals surface area contributed by atoms with Crippen LogP contribution in [0.1, 0.15) is 24.2 Å². The van der Waals surface area contributed by atoms with Crippen LogP contribution in [-0.4, -0.2) is 47.1 Å². The smallest absolute Gasteiger partial charge is 0.292 e. The Kier molecular flexibility index (Phi) is 4.67. The van der Waals surface area contributed by atoms with Crippen LogP contribution in [0, 0.1) is 10.1 Å². The predicted octanol–water partition coefficient (Wildman–Crippen LogP) is 1.48. The Balaban J connectivity index is 3.12. The molecular weight excluding hydrogens is 262 g/mol. The lowest BCUT2D eigenvalue weighted by molar-refractivity contribution is -0.384. The molecular formula is C13H19N3O4. The number of rotatable bonds is 5. The third-order valence-electron chi connectivity index (χ3n) is 2.56. The van der Waals surface area contributed by atoms with Crippen molar-refractivity contribution in [1.29, 1.82) is 0 Å². The topological polar surface area (TPSA) is 95.7 Å². The van der Waals surface area contributed by atoms with Crippen molar-refractivity contribution >= 4 is 17.3 Å². The molecule has 7 nitrogen and oxygen atoms in total. The molecule has 110 valence electrons. The summed E-state index contributed by atoms with van der Waals surface area (Å²) >= 11 is 0. The highest BCUT2D eigenvalue weighted by atomic mass is 16.6. The number of nitro groups is 1. The lowest BCUT2D eigenvalue weighted by Crippen LogP contribution is -2.29. The summed E-state index contributed by atoms with van der Waals surface area (Å²) < 4.78 is 0. The van der Waals surface area contributed by atoms with Gasteiger partial charge in [-0.15, -0.1) is 0 Å². The van der Waals surface area contributed by atoms with Crippen molar-refractivity contribution in [3.05, 3.63) is 33.9 Å². The first-order valence-corrected chi connectivity index (χ1v) is 6.08. The molecule has 0 saturated heterocycles. The number of amides is 1. The van der Waals surface area contributed by atoms with Gasteiger partial charge in [0.15, 0.2) is 0 Å². The number of carbonyl (C=O) groups excluding carboxylic acids is 1. The molecule has 2 N–H and O–H groups in total. The lowest BCUT2D eigenvalue weighted by atomic mass is 10.1. The van der Waals surface area contributed by atoms with E-state index in [2.05, 4.69) is 5.32 Å². The summed E-state index contributed by atoms with van der Waals surface area (Å²) in [6.07, 6.45) is 0. The van der Waals surface area contributed by atoms with Crippen molar-refractivity contribution in [2.24, 2.45) is 0 Å². The molecule has 1 amide bonds. The Bertz CT molecular complexity index is 521. The van der Waals surface area contributed by atoms with E-state index in [1.807, 2.05) is 0 Å².